The lowest BCUT2D eigenvalue weighted by atomic mass is 9.97. The summed E-state index contributed by atoms with van der Waals surface area (Å²) in [5.74, 6) is 1.17. The Morgan fingerprint density at radius 2 is 1.00 bits per heavy atom. The summed E-state index contributed by atoms with van der Waals surface area (Å²) in [6.07, 6.45) is 4.20. The van der Waals surface area contributed by atoms with Gasteiger partial charge in [-0.15, -0.1) is 0 Å². The van der Waals surface area contributed by atoms with Gasteiger partial charge in [0.05, 0.1) is 0 Å². The molecule has 0 fully saturated rings. The monoisotopic (exact) mass is 383 g/mol. The van der Waals surface area contributed by atoms with Crippen LogP contribution in [0.2, 0.25) is 0 Å². The van der Waals surface area contributed by atoms with Crippen LogP contribution in [0, 0.1) is 0 Å². The van der Waals surface area contributed by atoms with Gasteiger partial charge in [0.2, 0.25) is 0 Å². The molecule has 0 amide bonds. The van der Waals surface area contributed by atoms with Crippen LogP contribution in [0.4, 0.5) is 17.1 Å². The van der Waals surface area contributed by atoms with E-state index in [-0.39, 0.29) is 0 Å². The highest BCUT2D eigenvalue weighted by atomic mass is 15.1. The van der Waals surface area contributed by atoms with E-state index in [9.17, 15) is 0 Å². The van der Waals surface area contributed by atoms with E-state index in [1.807, 2.05) is 6.08 Å². The summed E-state index contributed by atoms with van der Waals surface area (Å²) in [7, 11) is 0. The maximum Gasteiger partial charge on any atom is 0.0462 e. The Morgan fingerprint density at radius 3 is 1.31 bits per heavy atom. The number of nitrogens with zero attached hydrogens (tertiary/aromatic N) is 1. The number of hydrogen-bond acceptors (Lipinski definition) is 1. The second-order valence-corrected chi connectivity index (χ2v) is 7.93. The third kappa shape index (κ3) is 4.79. The fourth-order valence-electron chi connectivity index (χ4n) is 3.58. The summed E-state index contributed by atoms with van der Waals surface area (Å²) in [5.41, 5.74) is 7.44. The first-order chi connectivity index (χ1) is 14.1. The van der Waals surface area contributed by atoms with Crippen molar-refractivity contribution in [1.29, 1.82) is 0 Å². The first kappa shape index (κ1) is 20.9. The van der Waals surface area contributed by atoms with E-state index in [1.165, 1.54) is 22.5 Å². The Kier molecular flexibility index (Phi) is 6.93. The van der Waals surface area contributed by atoms with Crippen LogP contribution < -0.4 is 4.90 Å². The van der Waals surface area contributed by atoms with Crippen molar-refractivity contribution in [2.45, 2.75) is 52.4 Å². The van der Waals surface area contributed by atoms with Crippen LogP contribution in [0.3, 0.4) is 0 Å². The van der Waals surface area contributed by atoms with Gasteiger partial charge in [0.25, 0.3) is 0 Å². The zero-order chi connectivity index (χ0) is 20.8. The summed E-state index contributed by atoms with van der Waals surface area (Å²) in [4.78, 5) is 2.33. The normalized spacial score (nSPS) is 13.0. The van der Waals surface area contributed by atoms with E-state index in [0.717, 1.165) is 24.1 Å². The molecule has 0 aliphatic heterocycles. The second-order valence-electron chi connectivity index (χ2n) is 7.93. The largest absolute Gasteiger partial charge is 0.311 e. The lowest BCUT2D eigenvalue weighted by Crippen LogP contribution is -2.10. The third-order valence-electron chi connectivity index (χ3n) is 6.05. The fourth-order valence-corrected chi connectivity index (χ4v) is 3.58. The molecule has 3 rings (SSSR count). The molecule has 0 N–H and O–H groups in total. The molecule has 2 unspecified atom stereocenters. The molecule has 1 heteroatoms. The Morgan fingerprint density at radius 1 is 0.655 bits per heavy atom. The zero-order valence-corrected chi connectivity index (χ0v) is 18.2. The lowest BCUT2D eigenvalue weighted by Gasteiger charge is -2.26. The smallest absolute Gasteiger partial charge is 0.0462 e. The number of hydrogen-bond donors (Lipinski definition) is 0. The SMILES string of the molecule is C=Cc1ccc(N(c2ccc(C(C)CC)cc2)c2ccc(C(C)CC)cc2)cc1. The van der Waals surface area contributed by atoms with Crippen molar-refractivity contribution < 1.29 is 0 Å². The summed E-state index contributed by atoms with van der Waals surface area (Å²) < 4.78 is 0. The molecule has 0 bridgehead atoms. The standard InChI is InChI=1S/C28H33N/c1-6-21(4)24-11-17-27(18-12-24)29(26-15-9-23(8-3)10-16-26)28-19-13-25(14-20-28)22(5)7-2/h8-22H,3,6-7H2,1-2,4-5H3. The van der Waals surface area contributed by atoms with Crippen LogP contribution in [0.5, 0.6) is 0 Å². The van der Waals surface area contributed by atoms with Crippen LogP contribution in [0.25, 0.3) is 6.08 Å². The molecule has 0 saturated carbocycles. The van der Waals surface area contributed by atoms with Gasteiger partial charge in [-0.05, 0) is 77.8 Å². The second kappa shape index (κ2) is 9.60. The minimum atomic E-state index is 0.583. The molecular weight excluding hydrogens is 350 g/mol. The van der Waals surface area contributed by atoms with Crippen LogP contribution in [-0.4, -0.2) is 0 Å². The molecule has 29 heavy (non-hydrogen) atoms. The van der Waals surface area contributed by atoms with Gasteiger partial charge in [0.15, 0.2) is 0 Å². The first-order valence-corrected chi connectivity index (χ1v) is 10.8. The minimum absolute atomic E-state index is 0.583. The van der Waals surface area contributed by atoms with Gasteiger partial charge in [0.1, 0.15) is 0 Å². The van der Waals surface area contributed by atoms with Gasteiger partial charge in [-0.25, -0.2) is 0 Å². The summed E-state index contributed by atoms with van der Waals surface area (Å²) in [6, 6.07) is 26.6. The zero-order valence-electron chi connectivity index (χ0n) is 18.2. The van der Waals surface area contributed by atoms with Gasteiger partial charge in [-0.2, -0.15) is 0 Å². The van der Waals surface area contributed by atoms with Gasteiger partial charge in [-0.3, -0.25) is 0 Å². The van der Waals surface area contributed by atoms with Crippen molar-refractivity contribution in [2.24, 2.45) is 0 Å². The number of rotatable bonds is 8. The van der Waals surface area contributed by atoms with Crippen LogP contribution in [-0.2, 0) is 0 Å². The average Bonchev–Trinajstić information content (AvgIpc) is 2.79. The predicted molar refractivity (Wildman–Crippen MR) is 129 cm³/mol. The molecule has 150 valence electrons. The highest BCUT2D eigenvalue weighted by Gasteiger charge is 2.14. The summed E-state index contributed by atoms with van der Waals surface area (Å²) in [5, 5.41) is 0. The van der Waals surface area contributed by atoms with Crippen LogP contribution >= 0.6 is 0 Å². The quantitative estimate of drug-likeness (QED) is 0.375. The number of benzene rings is 3. The Labute approximate surface area is 176 Å². The third-order valence-corrected chi connectivity index (χ3v) is 6.05. The highest BCUT2D eigenvalue weighted by Crippen LogP contribution is 2.36. The van der Waals surface area contributed by atoms with Gasteiger partial charge in [-0.1, -0.05) is 76.7 Å². The average molecular weight is 384 g/mol. The predicted octanol–water partition coefficient (Wildman–Crippen LogP) is 8.83. The molecule has 0 heterocycles. The minimum Gasteiger partial charge on any atom is -0.311 e. The van der Waals surface area contributed by atoms with Crippen molar-refractivity contribution in [1.82, 2.24) is 0 Å². The molecule has 0 aromatic heterocycles. The molecule has 0 saturated heterocycles. The van der Waals surface area contributed by atoms with Gasteiger partial charge in [0, 0.05) is 17.1 Å². The topological polar surface area (TPSA) is 3.24 Å². The molecule has 0 spiro atoms. The lowest BCUT2D eigenvalue weighted by molar-refractivity contribution is 0.733. The molecule has 2 atom stereocenters. The van der Waals surface area contributed by atoms with E-state index >= 15 is 0 Å². The van der Waals surface area contributed by atoms with Crippen molar-refractivity contribution in [2.75, 3.05) is 4.90 Å². The molecule has 1 nitrogen and oxygen atoms in total. The van der Waals surface area contributed by atoms with Gasteiger partial charge < -0.3 is 4.90 Å². The molecule has 0 aliphatic carbocycles. The van der Waals surface area contributed by atoms with Crippen LogP contribution in [0.1, 0.15) is 69.1 Å². The Hall–Kier alpha value is -2.80. The Bertz CT molecular complexity index is 851. The summed E-state index contributed by atoms with van der Waals surface area (Å²) in [6.45, 7) is 12.9. The molecule has 3 aromatic rings. The maximum absolute atomic E-state index is 3.88. The van der Waals surface area contributed by atoms with Crippen molar-refractivity contribution >= 4 is 23.1 Å². The van der Waals surface area contributed by atoms with E-state index < -0.39 is 0 Å². The summed E-state index contributed by atoms with van der Waals surface area (Å²) >= 11 is 0. The molecule has 3 aromatic carbocycles. The van der Waals surface area contributed by atoms with Crippen molar-refractivity contribution in [3.05, 3.63) is 96.1 Å². The first-order valence-electron chi connectivity index (χ1n) is 10.8. The molecule has 0 radical (unpaired) electrons. The van der Waals surface area contributed by atoms with Crippen LogP contribution in [0.15, 0.2) is 79.4 Å². The van der Waals surface area contributed by atoms with E-state index in [0.29, 0.717) is 11.8 Å². The van der Waals surface area contributed by atoms with Gasteiger partial charge >= 0.3 is 0 Å². The van der Waals surface area contributed by atoms with E-state index in [4.69, 9.17) is 0 Å². The fraction of sp³-hybridized carbons (Fsp3) is 0.286. The maximum atomic E-state index is 3.88. The number of anilines is 3. The highest BCUT2D eigenvalue weighted by molar-refractivity contribution is 5.77. The molecular formula is C28H33N. The Balaban J connectivity index is 2.02. The van der Waals surface area contributed by atoms with E-state index in [1.54, 1.807) is 0 Å². The van der Waals surface area contributed by atoms with E-state index in [2.05, 4.69) is 112 Å². The molecule has 0 aliphatic rings. The van der Waals surface area contributed by atoms with Crippen molar-refractivity contribution in [3.8, 4) is 0 Å². The van der Waals surface area contributed by atoms with Crippen molar-refractivity contribution in [3.63, 3.8) is 0 Å².